The fourth-order valence-corrected chi connectivity index (χ4v) is 4.57. The van der Waals surface area contributed by atoms with Crippen molar-refractivity contribution in [1.82, 2.24) is 9.29 Å². The predicted molar refractivity (Wildman–Crippen MR) is 87.9 cm³/mol. The standard InChI is InChI=1S/C14H22BrN3O2S/c1-3-16-14-13(8-12(15)9-17-14)21(19,20)18(4-2)10-11-6-5-7-11/h8-9,11H,3-7,10H2,1-2H3,(H,16,17). The molecule has 0 amide bonds. The summed E-state index contributed by atoms with van der Waals surface area (Å²) in [5.41, 5.74) is 0. The molecule has 21 heavy (non-hydrogen) atoms. The number of sulfonamides is 1. The van der Waals surface area contributed by atoms with Gasteiger partial charge in [0.1, 0.15) is 10.7 Å². The number of nitrogens with zero attached hydrogens (tertiary/aromatic N) is 2. The summed E-state index contributed by atoms with van der Waals surface area (Å²) in [5.74, 6) is 0.926. The quantitative estimate of drug-likeness (QED) is 0.795. The molecule has 1 N–H and O–H groups in total. The van der Waals surface area contributed by atoms with E-state index in [2.05, 4.69) is 26.2 Å². The molecule has 0 spiro atoms. The van der Waals surface area contributed by atoms with Gasteiger partial charge in [0, 0.05) is 30.3 Å². The van der Waals surface area contributed by atoms with Crippen LogP contribution in [0.1, 0.15) is 33.1 Å². The van der Waals surface area contributed by atoms with Crippen LogP contribution in [0.3, 0.4) is 0 Å². The third-order valence-corrected chi connectivity index (χ3v) is 6.21. The molecule has 118 valence electrons. The van der Waals surface area contributed by atoms with Gasteiger partial charge in [-0.2, -0.15) is 4.31 Å². The zero-order valence-corrected chi connectivity index (χ0v) is 14.9. The van der Waals surface area contributed by atoms with Crippen LogP contribution in [0.5, 0.6) is 0 Å². The first-order valence-corrected chi connectivity index (χ1v) is 9.61. The second kappa shape index (κ2) is 7.07. The summed E-state index contributed by atoms with van der Waals surface area (Å²) < 4.78 is 28.1. The molecule has 1 aromatic heterocycles. The van der Waals surface area contributed by atoms with E-state index in [-0.39, 0.29) is 4.90 Å². The van der Waals surface area contributed by atoms with E-state index in [1.807, 2.05) is 13.8 Å². The molecular formula is C14H22BrN3O2S. The van der Waals surface area contributed by atoms with Crippen molar-refractivity contribution in [1.29, 1.82) is 0 Å². The minimum absolute atomic E-state index is 0.250. The SMILES string of the molecule is CCNc1ncc(Br)cc1S(=O)(=O)N(CC)CC1CCC1. The van der Waals surface area contributed by atoms with E-state index in [1.54, 1.807) is 16.6 Å². The smallest absolute Gasteiger partial charge is 0.246 e. The van der Waals surface area contributed by atoms with Crippen LogP contribution in [0.2, 0.25) is 0 Å². The van der Waals surface area contributed by atoms with Gasteiger partial charge < -0.3 is 5.32 Å². The molecule has 1 heterocycles. The topological polar surface area (TPSA) is 62.3 Å². The molecule has 0 aliphatic heterocycles. The molecule has 1 fully saturated rings. The zero-order valence-electron chi connectivity index (χ0n) is 12.5. The Morgan fingerprint density at radius 1 is 1.43 bits per heavy atom. The molecule has 2 rings (SSSR count). The molecule has 1 aliphatic rings. The second-order valence-electron chi connectivity index (χ2n) is 5.28. The number of hydrogen-bond acceptors (Lipinski definition) is 4. The van der Waals surface area contributed by atoms with E-state index >= 15 is 0 Å². The predicted octanol–water partition coefficient (Wildman–Crippen LogP) is 3.09. The zero-order chi connectivity index (χ0) is 15.5. The third kappa shape index (κ3) is 3.76. The van der Waals surface area contributed by atoms with Gasteiger partial charge in [-0.05, 0) is 47.7 Å². The van der Waals surface area contributed by atoms with Crippen molar-refractivity contribution < 1.29 is 8.42 Å². The fraction of sp³-hybridized carbons (Fsp3) is 0.643. The van der Waals surface area contributed by atoms with Crippen LogP contribution in [-0.4, -0.2) is 37.3 Å². The number of halogens is 1. The Labute approximate surface area is 135 Å². The highest BCUT2D eigenvalue weighted by Gasteiger charge is 2.30. The molecule has 7 heteroatoms. The molecule has 1 aliphatic carbocycles. The first-order valence-electron chi connectivity index (χ1n) is 7.38. The van der Waals surface area contributed by atoms with Gasteiger partial charge in [0.05, 0.1) is 0 Å². The van der Waals surface area contributed by atoms with Gasteiger partial charge in [-0.1, -0.05) is 13.3 Å². The van der Waals surface area contributed by atoms with Gasteiger partial charge in [-0.25, -0.2) is 13.4 Å². The molecular weight excluding hydrogens is 354 g/mol. The van der Waals surface area contributed by atoms with Crippen LogP contribution in [-0.2, 0) is 10.0 Å². The van der Waals surface area contributed by atoms with E-state index in [9.17, 15) is 8.42 Å². The highest BCUT2D eigenvalue weighted by molar-refractivity contribution is 9.10. The summed E-state index contributed by atoms with van der Waals surface area (Å²) in [6.07, 6.45) is 5.08. The maximum Gasteiger partial charge on any atom is 0.246 e. The van der Waals surface area contributed by atoms with E-state index in [4.69, 9.17) is 0 Å². The van der Waals surface area contributed by atoms with Crippen molar-refractivity contribution >= 4 is 31.8 Å². The Morgan fingerprint density at radius 3 is 2.67 bits per heavy atom. The van der Waals surface area contributed by atoms with Crippen LogP contribution in [0.25, 0.3) is 0 Å². The molecule has 1 saturated carbocycles. The fourth-order valence-electron chi connectivity index (χ4n) is 2.42. The monoisotopic (exact) mass is 375 g/mol. The van der Waals surface area contributed by atoms with Gasteiger partial charge in [0.15, 0.2) is 0 Å². The summed E-state index contributed by atoms with van der Waals surface area (Å²) >= 11 is 3.31. The molecule has 0 saturated heterocycles. The Morgan fingerprint density at radius 2 is 2.14 bits per heavy atom. The number of rotatable bonds is 7. The van der Waals surface area contributed by atoms with Gasteiger partial charge >= 0.3 is 0 Å². The van der Waals surface area contributed by atoms with Crippen molar-refractivity contribution in [3.05, 3.63) is 16.7 Å². The van der Waals surface area contributed by atoms with E-state index in [0.29, 0.717) is 35.8 Å². The number of nitrogens with one attached hydrogen (secondary N) is 1. The molecule has 0 atom stereocenters. The molecule has 0 aromatic carbocycles. The Bertz CT molecular complexity index is 588. The summed E-state index contributed by atoms with van der Waals surface area (Å²) in [7, 11) is -3.52. The minimum atomic E-state index is -3.52. The first-order chi connectivity index (χ1) is 9.98. The molecule has 0 unspecified atom stereocenters. The van der Waals surface area contributed by atoms with Crippen molar-refractivity contribution in [2.45, 2.75) is 38.0 Å². The van der Waals surface area contributed by atoms with E-state index in [1.165, 1.54) is 6.42 Å². The van der Waals surface area contributed by atoms with Gasteiger partial charge in [-0.3, -0.25) is 0 Å². The Balaban J connectivity index is 2.33. The molecule has 0 bridgehead atoms. The van der Waals surface area contributed by atoms with Crippen LogP contribution in [0.15, 0.2) is 21.6 Å². The third-order valence-electron chi connectivity index (χ3n) is 3.82. The number of anilines is 1. The van der Waals surface area contributed by atoms with Crippen LogP contribution < -0.4 is 5.32 Å². The molecule has 1 aromatic rings. The first kappa shape index (κ1) is 16.7. The van der Waals surface area contributed by atoms with Gasteiger partial charge in [-0.15, -0.1) is 0 Å². The normalized spacial score (nSPS) is 16.0. The van der Waals surface area contributed by atoms with E-state index < -0.39 is 10.0 Å². The second-order valence-corrected chi connectivity index (χ2v) is 8.11. The Kier molecular flexibility index (Phi) is 5.62. The van der Waals surface area contributed by atoms with Crippen molar-refractivity contribution in [3.8, 4) is 0 Å². The number of pyridine rings is 1. The average molecular weight is 376 g/mol. The van der Waals surface area contributed by atoms with Crippen LogP contribution in [0.4, 0.5) is 5.82 Å². The van der Waals surface area contributed by atoms with Crippen molar-refractivity contribution in [2.24, 2.45) is 5.92 Å². The van der Waals surface area contributed by atoms with Gasteiger partial charge in [0.2, 0.25) is 10.0 Å². The lowest BCUT2D eigenvalue weighted by Crippen LogP contribution is -2.37. The number of hydrogen-bond donors (Lipinski definition) is 1. The summed E-state index contributed by atoms with van der Waals surface area (Å²) in [5, 5.41) is 3.03. The minimum Gasteiger partial charge on any atom is -0.369 e. The largest absolute Gasteiger partial charge is 0.369 e. The molecule has 0 radical (unpaired) electrons. The van der Waals surface area contributed by atoms with Gasteiger partial charge in [0.25, 0.3) is 0 Å². The van der Waals surface area contributed by atoms with Crippen LogP contribution >= 0.6 is 15.9 Å². The van der Waals surface area contributed by atoms with E-state index in [0.717, 1.165) is 12.8 Å². The lowest BCUT2D eigenvalue weighted by atomic mass is 9.85. The van der Waals surface area contributed by atoms with Crippen molar-refractivity contribution in [2.75, 3.05) is 25.0 Å². The summed E-state index contributed by atoms with van der Waals surface area (Å²) in [6.45, 7) is 5.53. The molecule has 5 nitrogen and oxygen atoms in total. The highest BCUT2D eigenvalue weighted by atomic mass is 79.9. The lowest BCUT2D eigenvalue weighted by Gasteiger charge is -2.31. The average Bonchev–Trinajstić information content (AvgIpc) is 2.39. The summed E-state index contributed by atoms with van der Waals surface area (Å²) in [6, 6.07) is 1.63. The van der Waals surface area contributed by atoms with Crippen molar-refractivity contribution in [3.63, 3.8) is 0 Å². The number of aromatic nitrogens is 1. The Hall–Kier alpha value is -0.660. The maximum atomic E-state index is 12.9. The highest BCUT2D eigenvalue weighted by Crippen LogP contribution is 2.31. The summed E-state index contributed by atoms with van der Waals surface area (Å²) in [4.78, 5) is 4.45. The van der Waals surface area contributed by atoms with Crippen LogP contribution in [0, 0.1) is 5.92 Å². The lowest BCUT2D eigenvalue weighted by molar-refractivity contribution is 0.250. The maximum absolute atomic E-state index is 12.9.